The van der Waals surface area contributed by atoms with Crippen molar-refractivity contribution in [2.24, 2.45) is 0 Å². The van der Waals surface area contributed by atoms with Crippen molar-refractivity contribution >= 4 is 54.3 Å². The normalized spacial score (nSPS) is 20.6. The Morgan fingerprint density at radius 3 is 2.68 bits per heavy atom. The number of benzene rings is 1. The fourth-order valence-electron chi connectivity index (χ4n) is 3.08. The molecule has 0 radical (unpaired) electrons. The fourth-order valence-corrected chi connectivity index (χ4v) is 4.50. The number of halogens is 1. The first kappa shape index (κ1) is 16.8. The van der Waals surface area contributed by atoms with E-state index < -0.39 is 0 Å². The molecule has 2 aromatic heterocycles. The van der Waals surface area contributed by atoms with Crippen LogP contribution in [0.3, 0.4) is 0 Å². The maximum absolute atomic E-state index is 9.62. The van der Waals surface area contributed by atoms with Crippen LogP contribution in [-0.2, 0) is 0 Å². The number of nitrogens with zero attached hydrogens (tertiary/aromatic N) is 2. The summed E-state index contributed by atoms with van der Waals surface area (Å²) >= 11 is 5.10. The van der Waals surface area contributed by atoms with E-state index in [-0.39, 0.29) is 6.10 Å². The Labute approximate surface area is 158 Å². The lowest BCUT2D eigenvalue weighted by molar-refractivity contribution is 0.126. The zero-order valence-corrected chi connectivity index (χ0v) is 16.0. The molecule has 5 nitrogen and oxygen atoms in total. The van der Waals surface area contributed by atoms with Gasteiger partial charge in [-0.2, -0.15) is 0 Å². The molecule has 0 aliphatic heterocycles. The third kappa shape index (κ3) is 4.11. The number of hydrogen-bond acceptors (Lipinski definition) is 6. The second-order valence-electron chi connectivity index (χ2n) is 6.31. The highest BCUT2D eigenvalue weighted by Crippen LogP contribution is 2.30. The molecule has 1 aliphatic rings. The molecule has 1 fully saturated rings. The van der Waals surface area contributed by atoms with Gasteiger partial charge in [0.2, 0.25) is 0 Å². The lowest BCUT2D eigenvalue weighted by Gasteiger charge is -2.26. The van der Waals surface area contributed by atoms with Crippen LogP contribution < -0.4 is 10.6 Å². The zero-order valence-electron chi connectivity index (χ0n) is 13.6. The minimum absolute atomic E-state index is 0.141. The minimum atomic E-state index is -0.141. The molecule has 4 rings (SSSR count). The zero-order chi connectivity index (χ0) is 17.2. The van der Waals surface area contributed by atoms with E-state index >= 15 is 0 Å². The number of anilines is 3. The van der Waals surface area contributed by atoms with Crippen LogP contribution in [0.4, 0.5) is 16.8 Å². The Kier molecular flexibility index (Phi) is 4.87. The summed E-state index contributed by atoms with van der Waals surface area (Å²) in [6.07, 6.45) is 3.53. The van der Waals surface area contributed by atoms with Crippen molar-refractivity contribution in [3.05, 3.63) is 40.9 Å². The lowest BCUT2D eigenvalue weighted by Crippen LogP contribution is -2.28. The summed E-state index contributed by atoms with van der Waals surface area (Å²) in [5, 5.41) is 17.2. The Hall–Kier alpha value is -1.70. The smallest absolute Gasteiger partial charge is 0.189 e. The minimum Gasteiger partial charge on any atom is -0.393 e. The molecule has 0 atom stereocenters. The van der Waals surface area contributed by atoms with Gasteiger partial charge in [0.1, 0.15) is 11.6 Å². The average Bonchev–Trinajstić information content (AvgIpc) is 2.98. The SMILES string of the molecule is OC1CCC(Nc2cccc(Nc3nc4ccc(Br)cc4s3)n2)CC1. The first-order valence-corrected chi connectivity index (χ1v) is 10.0. The molecule has 25 heavy (non-hydrogen) atoms. The second-order valence-corrected chi connectivity index (χ2v) is 8.26. The van der Waals surface area contributed by atoms with Crippen molar-refractivity contribution in [3.8, 4) is 0 Å². The summed E-state index contributed by atoms with van der Waals surface area (Å²) in [6.45, 7) is 0. The number of fused-ring (bicyclic) bond motifs is 1. The fraction of sp³-hybridized carbons (Fsp3) is 0.333. The second kappa shape index (κ2) is 7.27. The third-order valence-corrected chi connectivity index (χ3v) is 5.81. The van der Waals surface area contributed by atoms with Crippen molar-refractivity contribution in [2.45, 2.75) is 37.8 Å². The van der Waals surface area contributed by atoms with Gasteiger partial charge >= 0.3 is 0 Å². The summed E-state index contributed by atoms with van der Waals surface area (Å²) in [6, 6.07) is 12.4. The summed E-state index contributed by atoms with van der Waals surface area (Å²) in [4.78, 5) is 9.24. The van der Waals surface area contributed by atoms with Gasteiger partial charge in [0.15, 0.2) is 5.13 Å². The largest absolute Gasteiger partial charge is 0.393 e. The molecule has 1 saturated carbocycles. The highest BCUT2D eigenvalue weighted by Gasteiger charge is 2.19. The Morgan fingerprint density at radius 2 is 1.84 bits per heavy atom. The molecule has 3 N–H and O–H groups in total. The molecular weight excluding hydrogens is 400 g/mol. The van der Waals surface area contributed by atoms with Crippen LogP contribution in [-0.4, -0.2) is 27.2 Å². The Balaban J connectivity index is 1.47. The van der Waals surface area contributed by atoms with E-state index in [2.05, 4.69) is 42.6 Å². The van der Waals surface area contributed by atoms with Crippen LogP contribution in [0.2, 0.25) is 0 Å². The lowest BCUT2D eigenvalue weighted by atomic mass is 9.93. The maximum Gasteiger partial charge on any atom is 0.189 e. The predicted octanol–water partition coefficient (Wildman–Crippen LogP) is 4.91. The van der Waals surface area contributed by atoms with Crippen molar-refractivity contribution in [2.75, 3.05) is 10.6 Å². The van der Waals surface area contributed by atoms with Gasteiger partial charge in [0.25, 0.3) is 0 Å². The molecule has 0 spiro atoms. The number of aliphatic hydroxyl groups is 1. The van der Waals surface area contributed by atoms with Crippen LogP contribution in [0.25, 0.3) is 10.2 Å². The number of aromatic nitrogens is 2. The number of hydrogen-bond donors (Lipinski definition) is 3. The number of aliphatic hydroxyl groups excluding tert-OH is 1. The number of thiazole rings is 1. The van der Waals surface area contributed by atoms with Crippen LogP contribution in [0.1, 0.15) is 25.7 Å². The molecule has 0 saturated heterocycles. The average molecular weight is 419 g/mol. The van der Waals surface area contributed by atoms with E-state index in [4.69, 9.17) is 0 Å². The number of rotatable bonds is 4. The van der Waals surface area contributed by atoms with Gasteiger partial charge in [-0.15, -0.1) is 0 Å². The van der Waals surface area contributed by atoms with Crippen molar-refractivity contribution < 1.29 is 5.11 Å². The molecule has 130 valence electrons. The van der Waals surface area contributed by atoms with Crippen molar-refractivity contribution in [3.63, 3.8) is 0 Å². The summed E-state index contributed by atoms with van der Waals surface area (Å²) < 4.78 is 2.18. The summed E-state index contributed by atoms with van der Waals surface area (Å²) in [7, 11) is 0. The Bertz CT molecular complexity index is 876. The topological polar surface area (TPSA) is 70.1 Å². The van der Waals surface area contributed by atoms with Gasteiger partial charge in [-0.3, -0.25) is 0 Å². The van der Waals surface area contributed by atoms with Crippen LogP contribution >= 0.6 is 27.3 Å². The highest BCUT2D eigenvalue weighted by atomic mass is 79.9. The molecule has 1 aliphatic carbocycles. The maximum atomic E-state index is 9.62. The van der Waals surface area contributed by atoms with Gasteiger partial charge < -0.3 is 15.7 Å². The van der Waals surface area contributed by atoms with E-state index in [0.717, 1.165) is 57.1 Å². The van der Waals surface area contributed by atoms with E-state index in [1.807, 2.05) is 30.3 Å². The van der Waals surface area contributed by atoms with Crippen molar-refractivity contribution in [1.82, 2.24) is 9.97 Å². The first-order valence-electron chi connectivity index (χ1n) is 8.40. The summed E-state index contributed by atoms with van der Waals surface area (Å²) in [5.41, 5.74) is 0.978. The molecule has 0 bridgehead atoms. The van der Waals surface area contributed by atoms with E-state index in [1.54, 1.807) is 11.3 Å². The Morgan fingerprint density at radius 1 is 1.04 bits per heavy atom. The molecular formula is C18H19BrN4OS. The monoisotopic (exact) mass is 418 g/mol. The van der Waals surface area contributed by atoms with Crippen molar-refractivity contribution in [1.29, 1.82) is 0 Å². The van der Waals surface area contributed by atoms with Gasteiger partial charge in [-0.1, -0.05) is 33.3 Å². The highest BCUT2D eigenvalue weighted by molar-refractivity contribution is 9.10. The summed E-state index contributed by atoms with van der Waals surface area (Å²) in [5.74, 6) is 1.63. The van der Waals surface area contributed by atoms with E-state index in [0.29, 0.717) is 6.04 Å². The van der Waals surface area contributed by atoms with Gasteiger partial charge in [-0.25, -0.2) is 9.97 Å². The number of pyridine rings is 1. The third-order valence-electron chi connectivity index (χ3n) is 4.38. The van der Waals surface area contributed by atoms with Crippen LogP contribution in [0, 0.1) is 0 Å². The van der Waals surface area contributed by atoms with Gasteiger partial charge in [-0.05, 0) is 56.0 Å². The molecule has 7 heteroatoms. The number of nitrogens with one attached hydrogen (secondary N) is 2. The standard InChI is InChI=1S/C18H19BrN4OS/c19-11-4-9-14-15(10-11)25-18(21-14)23-17-3-1-2-16(22-17)20-12-5-7-13(24)8-6-12/h1-4,9-10,12-13,24H,5-8H2,(H2,20,21,22,23). The van der Waals surface area contributed by atoms with Crippen LogP contribution in [0.5, 0.6) is 0 Å². The predicted molar refractivity (Wildman–Crippen MR) is 107 cm³/mol. The van der Waals surface area contributed by atoms with Gasteiger partial charge in [0.05, 0.1) is 16.3 Å². The molecule has 3 aromatic rings. The molecule has 0 unspecified atom stereocenters. The van der Waals surface area contributed by atoms with Crippen LogP contribution in [0.15, 0.2) is 40.9 Å². The van der Waals surface area contributed by atoms with E-state index in [9.17, 15) is 5.11 Å². The molecule has 1 aromatic carbocycles. The first-order chi connectivity index (χ1) is 12.2. The van der Waals surface area contributed by atoms with Gasteiger partial charge in [0, 0.05) is 10.5 Å². The quantitative estimate of drug-likeness (QED) is 0.561. The molecule has 2 heterocycles. The molecule has 0 amide bonds. The van der Waals surface area contributed by atoms with E-state index in [1.165, 1.54) is 0 Å².